The predicted octanol–water partition coefficient (Wildman–Crippen LogP) is 5.54. The fourth-order valence-electron chi connectivity index (χ4n) is 5.32. The van der Waals surface area contributed by atoms with Crippen molar-refractivity contribution in [2.24, 2.45) is 0 Å². The van der Waals surface area contributed by atoms with Crippen LogP contribution >= 0.6 is 0 Å². The number of anilines is 1. The van der Waals surface area contributed by atoms with Gasteiger partial charge < -0.3 is 4.90 Å². The highest BCUT2D eigenvalue weighted by Gasteiger charge is 2.38. The Bertz CT molecular complexity index is 886. The van der Waals surface area contributed by atoms with E-state index in [0.717, 1.165) is 13.1 Å². The van der Waals surface area contributed by atoms with E-state index in [-0.39, 0.29) is 0 Å². The SMILES string of the molecule is c1ccc(C2CCN([C@H]3CN(c4ccccc4)C[C@@H]3c3ccccc3)CC2)cc1. The minimum absolute atomic E-state index is 0.574. The van der Waals surface area contributed by atoms with Crippen LogP contribution in [0.2, 0.25) is 0 Å². The zero-order chi connectivity index (χ0) is 19.5. The van der Waals surface area contributed by atoms with Crippen LogP contribution in [0.4, 0.5) is 5.69 Å². The van der Waals surface area contributed by atoms with Gasteiger partial charge in [0.1, 0.15) is 0 Å². The number of hydrogen-bond donors (Lipinski definition) is 0. The Hall–Kier alpha value is -2.58. The summed E-state index contributed by atoms with van der Waals surface area (Å²) in [5, 5.41) is 0. The first kappa shape index (κ1) is 18.4. The second kappa shape index (κ2) is 8.42. The van der Waals surface area contributed by atoms with E-state index in [1.54, 1.807) is 0 Å². The van der Waals surface area contributed by atoms with Crippen molar-refractivity contribution in [1.82, 2.24) is 4.90 Å². The van der Waals surface area contributed by atoms with Crippen molar-refractivity contribution in [2.75, 3.05) is 31.1 Å². The molecule has 29 heavy (non-hydrogen) atoms. The maximum atomic E-state index is 2.78. The van der Waals surface area contributed by atoms with Gasteiger partial charge in [-0.3, -0.25) is 4.90 Å². The van der Waals surface area contributed by atoms with Crippen LogP contribution in [-0.4, -0.2) is 37.1 Å². The molecule has 0 unspecified atom stereocenters. The van der Waals surface area contributed by atoms with Gasteiger partial charge in [0.25, 0.3) is 0 Å². The number of piperidine rings is 1. The summed E-state index contributed by atoms with van der Waals surface area (Å²) in [4.78, 5) is 5.37. The van der Waals surface area contributed by atoms with E-state index in [9.17, 15) is 0 Å². The van der Waals surface area contributed by atoms with Crippen molar-refractivity contribution < 1.29 is 0 Å². The largest absolute Gasteiger partial charge is 0.369 e. The Morgan fingerprint density at radius 1 is 0.586 bits per heavy atom. The lowest BCUT2D eigenvalue weighted by Gasteiger charge is -2.38. The van der Waals surface area contributed by atoms with Gasteiger partial charge >= 0.3 is 0 Å². The van der Waals surface area contributed by atoms with Crippen molar-refractivity contribution in [1.29, 1.82) is 0 Å². The lowest BCUT2D eigenvalue weighted by Crippen LogP contribution is -2.44. The average Bonchev–Trinajstić information content (AvgIpc) is 3.27. The summed E-state index contributed by atoms with van der Waals surface area (Å²) in [6.45, 7) is 4.64. The molecule has 0 amide bonds. The van der Waals surface area contributed by atoms with Gasteiger partial charge in [0.15, 0.2) is 0 Å². The van der Waals surface area contributed by atoms with E-state index in [2.05, 4.69) is 101 Å². The first-order valence-corrected chi connectivity index (χ1v) is 11.0. The molecule has 2 aliphatic heterocycles. The molecule has 3 aromatic rings. The van der Waals surface area contributed by atoms with Crippen LogP contribution in [-0.2, 0) is 0 Å². The topological polar surface area (TPSA) is 6.48 Å². The van der Waals surface area contributed by atoms with Gasteiger partial charge in [-0.15, -0.1) is 0 Å². The summed E-state index contributed by atoms with van der Waals surface area (Å²) in [6, 6.07) is 33.8. The number of para-hydroxylation sites is 1. The van der Waals surface area contributed by atoms with Gasteiger partial charge in [0.05, 0.1) is 0 Å². The fourth-order valence-corrected chi connectivity index (χ4v) is 5.32. The molecule has 5 rings (SSSR count). The normalized spacial score (nSPS) is 23.4. The summed E-state index contributed by atoms with van der Waals surface area (Å²) in [7, 11) is 0. The molecule has 0 aromatic heterocycles. The van der Waals surface area contributed by atoms with Gasteiger partial charge in [0.2, 0.25) is 0 Å². The van der Waals surface area contributed by atoms with Crippen LogP contribution in [0.1, 0.15) is 35.8 Å². The van der Waals surface area contributed by atoms with Crippen molar-refractivity contribution in [3.05, 3.63) is 102 Å². The summed E-state index contributed by atoms with van der Waals surface area (Å²) in [5.41, 5.74) is 4.36. The maximum Gasteiger partial charge on any atom is 0.0366 e. The van der Waals surface area contributed by atoms with Crippen LogP contribution in [0, 0.1) is 0 Å². The highest BCUT2D eigenvalue weighted by atomic mass is 15.3. The van der Waals surface area contributed by atoms with Crippen LogP contribution < -0.4 is 4.90 Å². The van der Waals surface area contributed by atoms with Crippen molar-refractivity contribution >= 4 is 5.69 Å². The monoisotopic (exact) mass is 382 g/mol. The first-order chi connectivity index (χ1) is 14.4. The third kappa shape index (κ3) is 3.95. The summed E-state index contributed by atoms with van der Waals surface area (Å²) in [5.74, 6) is 1.29. The molecule has 0 N–H and O–H groups in total. The zero-order valence-electron chi connectivity index (χ0n) is 17.0. The number of rotatable bonds is 4. The van der Waals surface area contributed by atoms with E-state index < -0.39 is 0 Å². The molecule has 2 saturated heterocycles. The highest BCUT2D eigenvalue weighted by Crippen LogP contribution is 2.37. The number of likely N-dealkylation sites (tertiary alicyclic amines) is 1. The van der Waals surface area contributed by atoms with Gasteiger partial charge in [0, 0.05) is 30.7 Å². The number of hydrogen-bond acceptors (Lipinski definition) is 2. The van der Waals surface area contributed by atoms with Crippen molar-refractivity contribution in [3.8, 4) is 0 Å². The van der Waals surface area contributed by atoms with Crippen LogP contribution in [0.5, 0.6) is 0 Å². The van der Waals surface area contributed by atoms with Crippen LogP contribution in [0.15, 0.2) is 91.0 Å². The zero-order valence-corrected chi connectivity index (χ0v) is 17.0. The summed E-state index contributed by atoms with van der Waals surface area (Å²) >= 11 is 0. The van der Waals surface area contributed by atoms with Gasteiger partial charge in [-0.2, -0.15) is 0 Å². The maximum absolute atomic E-state index is 2.78. The number of nitrogens with zero attached hydrogens (tertiary/aromatic N) is 2. The number of benzene rings is 3. The standard InChI is InChI=1S/C27H30N2/c1-4-10-22(11-5-1)23-16-18-28(19-17-23)27-21-29(25-14-8-3-9-15-25)20-26(27)24-12-6-2-7-13-24/h1-15,23,26-27H,16-21H2/t26-,27+/m1/s1. The van der Waals surface area contributed by atoms with E-state index >= 15 is 0 Å². The molecule has 3 aromatic carbocycles. The minimum Gasteiger partial charge on any atom is -0.369 e. The van der Waals surface area contributed by atoms with E-state index in [4.69, 9.17) is 0 Å². The summed E-state index contributed by atoms with van der Waals surface area (Å²) in [6.07, 6.45) is 2.54. The lowest BCUT2D eigenvalue weighted by molar-refractivity contribution is 0.152. The van der Waals surface area contributed by atoms with E-state index in [1.165, 1.54) is 42.7 Å². The molecule has 0 saturated carbocycles. The Balaban J connectivity index is 1.34. The van der Waals surface area contributed by atoms with Crippen molar-refractivity contribution in [3.63, 3.8) is 0 Å². The van der Waals surface area contributed by atoms with Crippen LogP contribution in [0.3, 0.4) is 0 Å². The van der Waals surface area contributed by atoms with E-state index in [1.807, 2.05) is 0 Å². The molecule has 0 aliphatic carbocycles. The predicted molar refractivity (Wildman–Crippen MR) is 122 cm³/mol. The fraction of sp³-hybridized carbons (Fsp3) is 0.333. The molecule has 148 valence electrons. The molecular formula is C27H30N2. The molecule has 0 spiro atoms. The molecule has 2 atom stereocenters. The Morgan fingerprint density at radius 3 is 1.76 bits per heavy atom. The second-order valence-corrected chi connectivity index (χ2v) is 8.55. The van der Waals surface area contributed by atoms with Crippen LogP contribution in [0.25, 0.3) is 0 Å². The summed E-state index contributed by atoms with van der Waals surface area (Å²) < 4.78 is 0. The van der Waals surface area contributed by atoms with Gasteiger partial charge in [-0.05, 0) is 55.1 Å². The molecular weight excluding hydrogens is 352 g/mol. The Kier molecular flexibility index (Phi) is 5.36. The molecule has 2 fully saturated rings. The second-order valence-electron chi connectivity index (χ2n) is 8.55. The van der Waals surface area contributed by atoms with Crippen molar-refractivity contribution in [2.45, 2.75) is 30.7 Å². The molecule has 2 nitrogen and oxygen atoms in total. The Morgan fingerprint density at radius 2 is 1.14 bits per heavy atom. The molecule has 2 heteroatoms. The first-order valence-electron chi connectivity index (χ1n) is 11.0. The molecule has 2 aliphatic rings. The lowest BCUT2D eigenvalue weighted by atomic mass is 9.87. The Labute approximate surface area is 174 Å². The third-order valence-electron chi connectivity index (χ3n) is 6.91. The van der Waals surface area contributed by atoms with E-state index in [0.29, 0.717) is 17.9 Å². The smallest absolute Gasteiger partial charge is 0.0366 e. The third-order valence-corrected chi connectivity index (χ3v) is 6.91. The van der Waals surface area contributed by atoms with Gasteiger partial charge in [-0.1, -0.05) is 78.9 Å². The molecule has 2 heterocycles. The highest BCUT2D eigenvalue weighted by molar-refractivity contribution is 5.49. The average molecular weight is 383 g/mol. The minimum atomic E-state index is 0.574. The molecule has 0 radical (unpaired) electrons. The van der Waals surface area contributed by atoms with Gasteiger partial charge in [-0.25, -0.2) is 0 Å². The molecule has 0 bridgehead atoms. The quantitative estimate of drug-likeness (QED) is 0.585.